The molecule has 0 aliphatic carbocycles. The summed E-state index contributed by atoms with van der Waals surface area (Å²) in [6, 6.07) is 14.1. The van der Waals surface area contributed by atoms with Gasteiger partial charge >= 0.3 is 0 Å². The molecular weight excluding hydrogens is 250 g/mol. The second-order valence-electron chi connectivity index (χ2n) is 4.83. The van der Waals surface area contributed by atoms with Gasteiger partial charge in [0.05, 0.1) is 0 Å². The Morgan fingerprint density at radius 2 is 1.80 bits per heavy atom. The molecule has 0 saturated heterocycles. The van der Waals surface area contributed by atoms with Crippen LogP contribution in [-0.2, 0) is 0 Å². The smallest absolute Gasteiger partial charge is 0.170 e. The molecule has 20 heavy (non-hydrogen) atoms. The quantitative estimate of drug-likeness (QED) is 0.389. The molecule has 0 saturated carbocycles. The lowest BCUT2D eigenvalue weighted by Gasteiger charge is -2.22. The second kappa shape index (κ2) is 5.65. The van der Waals surface area contributed by atoms with Crippen LogP contribution in [-0.4, -0.2) is 18.1 Å². The van der Waals surface area contributed by atoms with Gasteiger partial charge in [-0.2, -0.15) is 0 Å². The molecule has 0 heterocycles. The van der Waals surface area contributed by atoms with Crippen LogP contribution in [0.1, 0.15) is 16.7 Å². The van der Waals surface area contributed by atoms with Gasteiger partial charge in [0.2, 0.25) is 0 Å². The third-order valence-corrected chi connectivity index (χ3v) is 3.46. The SMILES string of the molecule is Cc1cc(N(C)c2ccccc2C)ccc1/C(N)=N/O. The highest BCUT2D eigenvalue weighted by Gasteiger charge is 2.09. The molecule has 0 radical (unpaired) electrons. The van der Waals surface area contributed by atoms with E-state index in [9.17, 15) is 0 Å². The van der Waals surface area contributed by atoms with E-state index in [1.165, 1.54) is 5.56 Å². The van der Waals surface area contributed by atoms with Gasteiger partial charge in [0.1, 0.15) is 0 Å². The number of hydrogen-bond donors (Lipinski definition) is 2. The summed E-state index contributed by atoms with van der Waals surface area (Å²) in [5.41, 5.74) is 10.8. The molecular formula is C16H19N3O. The average molecular weight is 269 g/mol. The van der Waals surface area contributed by atoms with E-state index >= 15 is 0 Å². The second-order valence-corrected chi connectivity index (χ2v) is 4.83. The Bertz CT molecular complexity index is 650. The molecule has 2 aromatic rings. The Hall–Kier alpha value is -2.49. The predicted octanol–water partition coefficient (Wildman–Crippen LogP) is 3.17. The first-order valence-corrected chi connectivity index (χ1v) is 6.42. The number of oxime groups is 1. The minimum Gasteiger partial charge on any atom is -0.409 e. The van der Waals surface area contributed by atoms with E-state index in [1.807, 2.05) is 44.3 Å². The molecule has 0 atom stereocenters. The fourth-order valence-corrected chi connectivity index (χ4v) is 2.28. The van der Waals surface area contributed by atoms with E-state index in [4.69, 9.17) is 10.9 Å². The van der Waals surface area contributed by atoms with Crippen molar-refractivity contribution < 1.29 is 5.21 Å². The van der Waals surface area contributed by atoms with Crippen LogP contribution in [0.4, 0.5) is 11.4 Å². The number of benzene rings is 2. The minimum absolute atomic E-state index is 0.132. The number of nitrogens with two attached hydrogens (primary N) is 1. The highest BCUT2D eigenvalue weighted by atomic mass is 16.4. The van der Waals surface area contributed by atoms with E-state index < -0.39 is 0 Å². The van der Waals surface area contributed by atoms with Crippen molar-refractivity contribution in [3.8, 4) is 0 Å². The molecule has 104 valence electrons. The molecule has 0 spiro atoms. The van der Waals surface area contributed by atoms with E-state index in [0.717, 1.165) is 22.5 Å². The number of nitrogens with zero attached hydrogens (tertiary/aromatic N) is 2. The fourth-order valence-electron chi connectivity index (χ4n) is 2.28. The molecule has 0 aromatic heterocycles. The Balaban J connectivity index is 2.40. The van der Waals surface area contributed by atoms with Gasteiger partial charge in [0.25, 0.3) is 0 Å². The van der Waals surface area contributed by atoms with Crippen molar-refractivity contribution in [2.45, 2.75) is 13.8 Å². The van der Waals surface area contributed by atoms with Crippen molar-refractivity contribution in [3.63, 3.8) is 0 Å². The maximum atomic E-state index is 8.76. The highest BCUT2D eigenvalue weighted by molar-refractivity contribution is 5.98. The largest absolute Gasteiger partial charge is 0.409 e. The van der Waals surface area contributed by atoms with Crippen molar-refractivity contribution >= 4 is 17.2 Å². The van der Waals surface area contributed by atoms with Crippen molar-refractivity contribution in [3.05, 3.63) is 59.2 Å². The van der Waals surface area contributed by atoms with E-state index in [2.05, 4.69) is 29.1 Å². The zero-order chi connectivity index (χ0) is 14.7. The van der Waals surface area contributed by atoms with Crippen LogP contribution in [0.3, 0.4) is 0 Å². The van der Waals surface area contributed by atoms with Gasteiger partial charge in [0, 0.05) is 24.0 Å². The monoisotopic (exact) mass is 269 g/mol. The van der Waals surface area contributed by atoms with E-state index in [1.54, 1.807) is 0 Å². The molecule has 0 bridgehead atoms. The molecule has 0 fully saturated rings. The van der Waals surface area contributed by atoms with Crippen LogP contribution in [0, 0.1) is 13.8 Å². The Kier molecular flexibility index (Phi) is 3.94. The molecule has 4 heteroatoms. The summed E-state index contributed by atoms with van der Waals surface area (Å²) in [7, 11) is 2.03. The third-order valence-electron chi connectivity index (χ3n) is 3.46. The first kappa shape index (κ1) is 13.9. The lowest BCUT2D eigenvalue weighted by atomic mass is 10.1. The fraction of sp³-hybridized carbons (Fsp3) is 0.188. The summed E-state index contributed by atoms with van der Waals surface area (Å²) in [5.74, 6) is 0.132. The molecule has 0 aliphatic heterocycles. The van der Waals surface area contributed by atoms with E-state index in [0.29, 0.717) is 0 Å². The van der Waals surface area contributed by atoms with Crippen LogP contribution in [0.5, 0.6) is 0 Å². The number of para-hydroxylation sites is 1. The zero-order valence-electron chi connectivity index (χ0n) is 12.0. The number of anilines is 2. The van der Waals surface area contributed by atoms with Crippen LogP contribution in [0.15, 0.2) is 47.6 Å². The third kappa shape index (κ3) is 2.59. The molecule has 0 amide bonds. The molecule has 2 aromatic carbocycles. The van der Waals surface area contributed by atoms with Gasteiger partial charge in [-0.3, -0.25) is 0 Å². The molecule has 2 rings (SSSR count). The number of rotatable bonds is 3. The Labute approximate surface area is 119 Å². The number of hydrogen-bond acceptors (Lipinski definition) is 3. The lowest BCUT2D eigenvalue weighted by molar-refractivity contribution is 0.318. The molecule has 0 unspecified atom stereocenters. The summed E-state index contributed by atoms with van der Waals surface area (Å²) < 4.78 is 0. The maximum absolute atomic E-state index is 8.76. The first-order chi connectivity index (χ1) is 9.54. The number of aryl methyl sites for hydroxylation is 2. The topological polar surface area (TPSA) is 61.8 Å². The van der Waals surface area contributed by atoms with Crippen LogP contribution in [0.2, 0.25) is 0 Å². The average Bonchev–Trinajstić information content (AvgIpc) is 2.46. The summed E-state index contributed by atoms with van der Waals surface area (Å²) >= 11 is 0. The van der Waals surface area contributed by atoms with Crippen LogP contribution < -0.4 is 10.6 Å². The number of amidine groups is 1. The lowest BCUT2D eigenvalue weighted by Crippen LogP contribution is -2.16. The first-order valence-electron chi connectivity index (χ1n) is 6.42. The molecule has 0 aliphatic rings. The molecule has 4 nitrogen and oxygen atoms in total. The van der Waals surface area contributed by atoms with Crippen molar-refractivity contribution in [1.82, 2.24) is 0 Å². The van der Waals surface area contributed by atoms with Crippen molar-refractivity contribution in [2.75, 3.05) is 11.9 Å². The van der Waals surface area contributed by atoms with Gasteiger partial charge in [0.15, 0.2) is 5.84 Å². The van der Waals surface area contributed by atoms with E-state index in [-0.39, 0.29) is 5.84 Å². The zero-order valence-corrected chi connectivity index (χ0v) is 12.0. The summed E-state index contributed by atoms with van der Waals surface area (Å²) in [6.45, 7) is 4.03. The van der Waals surface area contributed by atoms with Crippen LogP contribution >= 0.6 is 0 Å². The van der Waals surface area contributed by atoms with Gasteiger partial charge in [-0.05, 0) is 49.2 Å². The van der Waals surface area contributed by atoms with Gasteiger partial charge < -0.3 is 15.8 Å². The summed E-state index contributed by atoms with van der Waals surface area (Å²) in [6.07, 6.45) is 0. The normalized spacial score (nSPS) is 11.4. The van der Waals surface area contributed by atoms with Gasteiger partial charge in [-0.1, -0.05) is 23.4 Å². The van der Waals surface area contributed by atoms with Gasteiger partial charge in [-0.15, -0.1) is 0 Å². The maximum Gasteiger partial charge on any atom is 0.170 e. The summed E-state index contributed by atoms with van der Waals surface area (Å²) in [4.78, 5) is 2.12. The Morgan fingerprint density at radius 3 is 2.40 bits per heavy atom. The standard InChI is InChI=1S/C16H19N3O/c1-11-6-4-5-7-15(11)19(3)13-8-9-14(12(2)10-13)16(17)18-20/h4-10,20H,1-3H3,(H2,17,18). The van der Waals surface area contributed by atoms with Crippen molar-refractivity contribution in [2.24, 2.45) is 10.9 Å². The summed E-state index contributed by atoms with van der Waals surface area (Å²) in [5, 5.41) is 11.8. The van der Waals surface area contributed by atoms with Gasteiger partial charge in [-0.25, -0.2) is 0 Å². The molecule has 3 N–H and O–H groups in total. The highest BCUT2D eigenvalue weighted by Crippen LogP contribution is 2.27. The van der Waals surface area contributed by atoms with Crippen molar-refractivity contribution in [1.29, 1.82) is 0 Å². The minimum atomic E-state index is 0.132. The predicted molar refractivity (Wildman–Crippen MR) is 82.9 cm³/mol. The van der Waals surface area contributed by atoms with Crippen LogP contribution in [0.25, 0.3) is 0 Å². The Morgan fingerprint density at radius 1 is 1.10 bits per heavy atom.